The van der Waals surface area contributed by atoms with Crippen molar-refractivity contribution in [3.8, 4) is 27.3 Å². The minimum absolute atomic E-state index is 0.101. The molecule has 0 radical (unpaired) electrons. The summed E-state index contributed by atoms with van der Waals surface area (Å²) in [5, 5.41) is 6.61. The summed E-state index contributed by atoms with van der Waals surface area (Å²) < 4.78 is 5.43. The molecule has 0 fully saturated rings. The van der Waals surface area contributed by atoms with E-state index in [1.165, 1.54) is 11.3 Å². The molecule has 5 nitrogen and oxygen atoms in total. The Kier molecular flexibility index (Phi) is 5.85. The van der Waals surface area contributed by atoms with Crippen molar-refractivity contribution in [3.05, 3.63) is 93.7 Å². The third-order valence-electron chi connectivity index (χ3n) is 5.71. The average molecular weight is 514 g/mol. The van der Waals surface area contributed by atoms with Crippen LogP contribution >= 0.6 is 34.4 Å². The van der Waals surface area contributed by atoms with E-state index in [4.69, 9.17) is 14.7 Å². The maximum atomic E-state index is 12.9. The molecule has 4 heterocycles. The van der Waals surface area contributed by atoms with Crippen LogP contribution in [0.5, 0.6) is 5.75 Å². The molecule has 6 rings (SSSR count). The Balaban J connectivity index is 1.36. The van der Waals surface area contributed by atoms with E-state index >= 15 is 0 Å². The van der Waals surface area contributed by atoms with Gasteiger partial charge in [-0.15, -0.1) is 22.7 Å². The highest BCUT2D eigenvalue weighted by Gasteiger charge is 2.15. The van der Waals surface area contributed by atoms with Crippen molar-refractivity contribution < 1.29 is 4.74 Å². The van der Waals surface area contributed by atoms with E-state index in [0.29, 0.717) is 17.0 Å². The first-order valence-electron chi connectivity index (χ1n) is 10.9. The molecule has 0 aliphatic rings. The summed E-state index contributed by atoms with van der Waals surface area (Å²) in [6.07, 6.45) is 0. The van der Waals surface area contributed by atoms with Gasteiger partial charge in [0.15, 0.2) is 0 Å². The summed E-state index contributed by atoms with van der Waals surface area (Å²) >= 11 is 4.68. The average Bonchev–Trinajstić information content (AvgIpc) is 3.57. The molecular weight excluding hydrogens is 495 g/mol. The topological polar surface area (TPSA) is 67.9 Å². The summed E-state index contributed by atoms with van der Waals surface area (Å²) in [6.45, 7) is 0. The Morgan fingerprint density at radius 1 is 0.971 bits per heavy atom. The Labute approximate surface area is 213 Å². The minimum atomic E-state index is -0.101. The number of nitrogens with one attached hydrogen (secondary N) is 1. The van der Waals surface area contributed by atoms with Crippen molar-refractivity contribution in [1.82, 2.24) is 15.0 Å². The molecule has 0 spiro atoms. The Hall–Kier alpha value is -3.46. The summed E-state index contributed by atoms with van der Waals surface area (Å²) in [4.78, 5) is 27.4. The fraction of sp³-hybridized carbons (Fsp3) is 0.0741. The molecule has 0 amide bonds. The second-order valence-electron chi connectivity index (χ2n) is 7.87. The van der Waals surface area contributed by atoms with Crippen LogP contribution in [-0.2, 0) is 5.75 Å². The zero-order valence-electron chi connectivity index (χ0n) is 18.6. The van der Waals surface area contributed by atoms with Gasteiger partial charge in [-0.05, 0) is 40.8 Å². The monoisotopic (exact) mass is 513 g/mol. The number of hydrogen-bond donors (Lipinski definition) is 1. The number of methoxy groups -OCH3 is 1. The predicted octanol–water partition coefficient (Wildman–Crippen LogP) is 7.23. The van der Waals surface area contributed by atoms with Gasteiger partial charge in [0.1, 0.15) is 16.4 Å². The lowest BCUT2D eigenvalue weighted by atomic mass is 10.0. The molecule has 0 saturated heterocycles. The predicted molar refractivity (Wildman–Crippen MR) is 147 cm³/mol. The summed E-state index contributed by atoms with van der Waals surface area (Å²) in [6, 6.07) is 22.4. The first kappa shape index (κ1) is 22.0. The maximum Gasteiger partial charge on any atom is 0.260 e. The molecule has 6 aromatic rings. The van der Waals surface area contributed by atoms with E-state index in [9.17, 15) is 4.79 Å². The highest BCUT2D eigenvalue weighted by atomic mass is 32.2. The number of fused-ring (bicyclic) bond motifs is 2. The number of benzene rings is 2. The van der Waals surface area contributed by atoms with Crippen molar-refractivity contribution in [2.45, 2.75) is 10.8 Å². The Bertz CT molecular complexity index is 1710. The third kappa shape index (κ3) is 4.25. The van der Waals surface area contributed by atoms with Crippen LogP contribution in [0, 0.1) is 0 Å². The summed E-state index contributed by atoms with van der Waals surface area (Å²) in [5.74, 6) is 1.91. The largest absolute Gasteiger partial charge is 0.497 e. The van der Waals surface area contributed by atoms with Gasteiger partial charge in [-0.3, -0.25) is 4.79 Å². The van der Waals surface area contributed by atoms with Gasteiger partial charge in [-0.1, -0.05) is 48.2 Å². The molecular formula is C27H19N3O2S3. The van der Waals surface area contributed by atoms with Gasteiger partial charge < -0.3 is 9.72 Å². The molecule has 8 heteroatoms. The highest BCUT2D eigenvalue weighted by Crippen LogP contribution is 2.35. The molecule has 0 saturated carbocycles. The number of H-pyrrole nitrogens is 1. The van der Waals surface area contributed by atoms with Crippen LogP contribution in [0.15, 0.2) is 87.3 Å². The first-order chi connectivity index (χ1) is 17.2. The van der Waals surface area contributed by atoms with Crippen LogP contribution in [0.3, 0.4) is 0 Å². The lowest BCUT2D eigenvalue weighted by Gasteiger charge is -2.11. The van der Waals surface area contributed by atoms with Crippen LogP contribution in [0.4, 0.5) is 0 Å². The van der Waals surface area contributed by atoms with Gasteiger partial charge in [-0.25, -0.2) is 9.97 Å². The molecule has 0 aliphatic heterocycles. The van der Waals surface area contributed by atoms with E-state index in [1.54, 1.807) is 30.2 Å². The first-order valence-corrected chi connectivity index (χ1v) is 13.7. The molecule has 0 bridgehead atoms. The molecule has 2 aromatic carbocycles. The highest BCUT2D eigenvalue weighted by molar-refractivity contribution is 7.98. The second kappa shape index (κ2) is 9.30. The smallest absolute Gasteiger partial charge is 0.260 e. The van der Waals surface area contributed by atoms with Gasteiger partial charge in [0, 0.05) is 27.3 Å². The van der Waals surface area contributed by atoms with Gasteiger partial charge in [0.2, 0.25) is 0 Å². The lowest BCUT2D eigenvalue weighted by molar-refractivity contribution is 0.415. The minimum Gasteiger partial charge on any atom is -0.497 e. The standard InChI is InChI=1S/C27H19N3O2S3/c1-32-17-9-10-18-19(16-6-3-2-4-7-16)13-24(28-21(18)12-17)34-15-23-29-26(31)25-20(14-35-27(25)30-23)22-8-5-11-33-22/h2-14H,15H2,1H3,(H,29,30,31). The van der Waals surface area contributed by atoms with Crippen molar-refractivity contribution >= 4 is 55.6 Å². The van der Waals surface area contributed by atoms with Gasteiger partial charge >= 0.3 is 0 Å². The zero-order chi connectivity index (χ0) is 23.8. The number of ether oxygens (including phenoxy) is 1. The quantitative estimate of drug-likeness (QED) is 0.238. The normalized spacial score (nSPS) is 11.3. The number of thioether (sulfide) groups is 1. The van der Waals surface area contributed by atoms with Gasteiger partial charge in [-0.2, -0.15) is 0 Å². The SMILES string of the molecule is COc1ccc2c(-c3ccccc3)cc(SCc3nc4scc(-c5cccs5)c4c(=O)[nH]3)nc2c1. The van der Waals surface area contributed by atoms with Crippen molar-refractivity contribution in [2.75, 3.05) is 7.11 Å². The third-order valence-corrected chi connectivity index (χ3v) is 8.41. The Morgan fingerprint density at radius 3 is 2.66 bits per heavy atom. The van der Waals surface area contributed by atoms with Gasteiger partial charge in [0.05, 0.1) is 28.8 Å². The van der Waals surface area contributed by atoms with Crippen LogP contribution < -0.4 is 10.3 Å². The molecule has 0 atom stereocenters. The number of nitrogens with zero attached hydrogens (tertiary/aromatic N) is 2. The number of aromatic nitrogens is 3. The fourth-order valence-electron chi connectivity index (χ4n) is 4.06. The molecule has 0 aliphatic carbocycles. The molecule has 0 unspecified atom stereocenters. The van der Waals surface area contributed by atoms with Crippen LogP contribution in [0.1, 0.15) is 5.82 Å². The Morgan fingerprint density at radius 2 is 1.86 bits per heavy atom. The van der Waals surface area contributed by atoms with Crippen molar-refractivity contribution in [3.63, 3.8) is 0 Å². The summed E-state index contributed by atoms with van der Waals surface area (Å²) in [7, 11) is 1.66. The van der Waals surface area contributed by atoms with E-state index in [0.717, 1.165) is 48.1 Å². The molecule has 1 N–H and O–H groups in total. The molecule has 35 heavy (non-hydrogen) atoms. The maximum absolute atomic E-state index is 12.9. The van der Waals surface area contributed by atoms with E-state index in [2.05, 4.69) is 23.2 Å². The number of rotatable bonds is 6. The van der Waals surface area contributed by atoms with E-state index < -0.39 is 0 Å². The van der Waals surface area contributed by atoms with Crippen LogP contribution in [0.2, 0.25) is 0 Å². The number of pyridine rings is 1. The summed E-state index contributed by atoms with van der Waals surface area (Å²) in [5.41, 5.74) is 3.95. The van der Waals surface area contributed by atoms with Crippen LogP contribution in [0.25, 0.3) is 42.7 Å². The number of thiophene rings is 2. The van der Waals surface area contributed by atoms with E-state index in [-0.39, 0.29) is 5.56 Å². The molecule has 172 valence electrons. The van der Waals surface area contributed by atoms with Gasteiger partial charge in [0.25, 0.3) is 5.56 Å². The van der Waals surface area contributed by atoms with Crippen molar-refractivity contribution in [2.24, 2.45) is 0 Å². The molecule has 4 aromatic heterocycles. The fourth-order valence-corrected chi connectivity index (χ4v) is 6.63. The zero-order valence-corrected chi connectivity index (χ0v) is 21.1. The van der Waals surface area contributed by atoms with E-state index in [1.807, 2.05) is 59.3 Å². The lowest BCUT2D eigenvalue weighted by Crippen LogP contribution is -2.10. The van der Waals surface area contributed by atoms with Crippen LogP contribution in [-0.4, -0.2) is 22.1 Å². The number of aromatic amines is 1. The van der Waals surface area contributed by atoms with Crippen molar-refractivity contribution in [1.29, 1.82) is 0 Å². The number of hydrogen-bond acceptors (Lipinski definition) is 7. The second-order valence-corrected chi connectivity index (χ2v) is 10.7.